The summed E-state index contributed by atoms with van der Waals surface area (Å²) in [4.78, 5) is 29.2. The molecule has 1 N–H and O–H groups in total. The fourth-order valence-electron chi connectivity index (χ4n) is 2.34. The van der Waals surface area contributed by atoms with Crippen molar-refractivity contribution >= 4 is 39.2 Å². The molecular weight excluding hydrogens is 328 g/mol. The van der Waals surface area contributed by atoms with Gasteiger partial charge in [-0.2, -0.15) is 0 Å². The van der Waals surface area contributed by atoms with Crippen LogP contribution in [0.1, 0.15) is 18.9 Å². The Morgan fingerprint density at radius 1 is 1.60 bits per heavy atom. The highest BCUT2D eigenvalue weighted by Crippen LogP contribution is 2.45. The van der Waals surface area contributed by atoms with Crippen LogP contribution in [0.2, 0.25) is 0 Å². The molecule has 2 heterocycles. The van der Waals surface area contributed by atoms with Gasteiger partial charge in [-0.3, -0.25) is 4.79 Å². The predicted octanol–water partition coefficient (Wildman–Crippen LogP) is 1.94. The van der Waals surface area contributed by atoms with Crippen molar-refractivity contribution in [1.29, 1.82) is 0 Å². The molecule has 3 rings (SSSR count). The van der Waals surface area contributed by atoms with Crippen LogP contribution >= 0.6 is 15.9 Å². The second kappa shape index (κ2) is 4.59. The van der Waals surface area contributed by atoms with Gasteiger partial charge in [0, 0.05) is 15.7 Å². The number of fused-ring (bicyclic) bond motifs is 2. The van der Waals surface area contributed by atoms with Crippen molar-refractivity contribution in [3.8, 4) is 0 Å². The summed E-state index contributed by atoms with van der Waals surface area (Å²) in [6, 6.07) is 5.38. The second-order valence-corrected chi connectivity index (χ2v) is 5.41. The lowest BCUT2D eigenvalue weighted by atomic mass is 9.90. The van der Waals surface area contributed by atoms with Crippen molar-refractivity contribution in [2.75, 3.05) is 11.9 Å². The third kappa shape index (κ3) is 1.81. The molecule has 1 atom stereocenters. The van der Waals surface area contributed by atoms with Gasteiger partial charge >= 0.3 is 5.97 Å². The number of anilines is 1. The zero-order chi connectivity index (χ0) is 14.3. The van der Waals surface area contributed by atoms with Crippen molar-refractivity contribution in [2.24, 2.45) is 5.16 Å². The predicted molar refractivity (Wildman–Crippen MR) is 74.2 cm³/mol. The second-order valence-electron chi connectivity index (χ2n) is 4.50. The number of oxime groups is 1. The van der Waals surface area contributed by atoms with E-state index in [0.29, 0.717) is 11.3 Å². The first-order chi connectivity index (χ1) is 9.56. The summed E-state index contributed by atoms with van der Waals surface area (Å²) in [5, 5.41) is 6.47. The monoisotopic (exact) mass is 338 g/mol. The molecule has 104 valence electrons. The molecule has 7 heteroatoms. The van der Waals surface area contributed by atoms with E-state index in [-0.39, 0.29) is 24.6 Å². The highest BCUT2D eigenvalue weighted by molar-refractivity contribution is 9.10. The molecule has 20 heavy (non-hydrogen) atoms. The van der Waals surface area contributed by atoms with E-state index in [0.717, 1.165) is 4.47 Å². The highest BCUT2D eigenvalue weighted by Gasteiger charge is 2.55. The molecule has 0 saturated heterocycles. The van der Waals surface area contributed by atoms with Gasteiger partial charge in [-0.1, -0.05) is 27.2 Å². The number of rotatable bonds is 2. The molecule has 0 unspecified atom stereocenters. The van der Waals surface area contributed by atoms with Crippen molar-refractivity contribution < 1.29 is 19.2 Å². The number of nitrogens with one attached hydrogen (secondary N) is 1. The van der Waals surface area contributed by atoms with Gasteiger partial charge in [-0.05, 0) is 19.1 Å². The van der Waals surface area contributed by atoms with Crippen molar-refractivity contribution in [3.63, 3.8) is 0 Å². The number of esters is 1. The van der Waals surface area contributed by atoms with Gasteiger partial charge in [0.25, 0.3) is 5.91 Å². The Morgan fingerprint density at radius 2 is 2.40 bits per heavy atom. The molecule has 2 aliphatic heterocycles. The average molecular weight is 339 g/mol. The Hall–Kier alpha value is -1.89. The zero-order valence-electron chi connectivity index (χ0n) is 10.6. The molecular formula is C13H11BrN2O4. The minimum atomic E-state index is -1.25. The highest BCUT2D eigenvalue weighted by atomic mass is 79.9. The van der Waals surface area contributed by atoms with Crippen LogP contribution in [-0.2, 0) is 24.8 Å². The molecule has 2 aliphatic rings. The standard InChI is InChI=1S/C13H11BrN2O4/c1-2-19-11(17)10-6-13(20-16-10)8-4-3-7(14)5-9(8)15-12(13)18/h3-5H,2,6H2,1H3,(H,15,18)/t13-/m1/s1. The van der Waals surface area contributed by atoms with Gasteiger partial charge in [0.1, 0.15) is 0 Å². The minimum Gasteiger partial charge on any atom is -0.461 e. The molecule has 0 saturated carbocycles. The van der Waals surface area contributed by atoms with E-state index in [4.69, 9.17) is 9.57 Å². The number of ether oxygens (including phenoxy) is 1. The lowest BCUT2D eigenvalue weighted by Gasteiger charge is -2.18. The summed E-state index contributed by atoms with van der Waals surface area (Å²) in [6.45, 7) is 1.96. The first-order valence-corrected chi connectivity index (χ1v) is 6.90. The first-order valence-electron chi connectivity index (χ1n) is 6.10. The maximum atomic E-state index is 12.2. The fourth-order valence-corrected chi connectivity index (χ4v) is 2.70. The Balaban J connectivity index is 1.93. The van der Waals surface area contributed by atoms with Crippen LogP contribution in [0.15, 0.2) is 27.8 Å². The van der Waals surface area contributed by atoms with Gasteiger partial charge in [0.05, 0.1) is 13.0 Å². The Bertz CT molecular complexity index is 643. The fraction of sp³-hybridized carbons (Fsp3) is 0.308. The number of carbonyl (C=O) groups is 2. The van der Waals surface area contributed by atoms with Gasteiger partial charge in [0.2, 0.25) is 5.60 Å². The SMILES string of the molecule is CCOC(=O)C1=NO[C@@]2(C1)C(=O)Nc1cc(Br)ccc12. The zero-order valence-corrected chi connectivity index (χ0v) is 12.2. The summed E-state index contributed by atoms with van der Waals surface area (Å²) in [7, 11) is 0. The number of nitrogens with zero attached hydrogens (tertiary/aromatic N) is 1. The van der Waals surface area contributed by atoms with Crippen LogP contribution in [-0.4, -0.2) is 24.2 Å². The van der Waals surface area contributed by atoms with Crippen LogP contribution in [0.25, 0.3) is 0 Å². The molecule has 0 aliphatic carbocycles. The summed E-state index contributed by atoms with van der Waals surface area (Å²) >= 11 is 3.34. The molecule has 0 bridgehead atoms. The molecule has 1 spiro atoms. The molecule has 1 amide bonds. The van der Waals surface area contributed by atoms with Crippen LogP contribution in [0, 0.1) is 0 Å². The van der Waals surface area contributed by atoms with E-state index >= 15 is 0 Å². The quantitative estimate of drug-likeness (QED) is 0.836. The van der Waals surface area contributed by atoms with Crippen LogP contribution in [0.3, 0.4) is 0 Å². The third-order valence-electron chi connectivity index (χ3n) is 3.27. The molecule has 1 aromatic rings. The van der Waals surface area contributed by atoms with Crippen molar-refractivity contribution in [1.82, 2.24) is 0 Å². The number of amides is 1. The largest absolute Gasteiger partial charge is 0.461 e. The summed E-state index contributed by atoms with van der Waals surface area (Å²) in [5.74, 6) is -0.878. The third-order valence-corrected chi connectivity index (χ3v) is 3.76. The van der Waals surface area contributed by atoms with E-state index in [2.05, 4.69) is 26.4 Å². The number of hydrogen-bond acceptors (Lipinski definition) is 5. The van der Waals surface area contributed by atoms with Gasteiger partial charge < -0.3 is 14.9 Å². The van der Waals surface area contributed by atoms with E-state index in [9.17, 15) is 9.59 Å². The molecule has 1 aromatic carbocycles. The summed E-state index contributed by atoms with van der Waals surface area (Å²) < 4.78 is 5.73. The molecule has 0 radical (unpaired) electrons. The van der Waals surface area contributed by atoms with Crippen molar-refractivity contribution in [2.45, 2.75) is 18.9 Å². The molecule has 0 aromatic heterocycles. The average Bonchev–Trinajstić information content (AvgIpc) is 2.95. The lowest BCUT2D eigenvalue weighted by molar-refractivity contribution is -0.137. The van der Waals surface area contributed by atoms with E-state index in [1.165, 1.54) is 0 Å². The Kier molecular flexibility index (Phi) is 3.01. The minimum absolute atomic E-state index is 0.0757. The van der Waals surface area contributed by atoms with E-state index in [1.54, 1.807) is 19.1 Å². The molecule has 6 nitrogen and oxygen atoms in total. The van der Waals surface area contributed by atoms with Crippen LogP contribution < -0.4 is 5.32 Å². The van der Waals surface area contributed by atoms with Gasteiger partial charge in [-0.25, -0.2) is 4.79 Å². The van der Waals surface area contributed by atoms with Gasteiger partial charge in [0.15, 0.2) is 5.71 Å². The topological polar surface area (TPSA) is 77.0 Å². The Morgan fingerprint density at radius 3 is 3.15 bits per heavy atom. The normalized spacial score (nSPS) is 23.1. The maximum Gasteiger partial charge on any atom is 0.356 e. The number of benzene rings is 1. The van der Waals surface area contributed by atoms with Crippen LogP contribution in [0.5, 0.6) is 0 Å². The number of hydrogen-bond donors (Lipinski definition) is 1. The van der Waals surface area contributed by atoms with E-state index in [1.807, 2.05) is 6.07 Å². The summed E-state index contributed by atoms with van der Waals surface area (Å²) in [5.41, 5.74) is 0.203. The smallest absolute Gasteiger partial charge is 0.356 e. The lowest BCUT2D eigenvalue weighted by Crippen LogP contribution is -2.35. The van der Waals surface area contributed by atoms with Gasteiger partial charge in [-0.15, -0.1) is 0 Å². The Labute approximate surface area is 123 Å². The number of carbonyl (C=O) groups excluding carboxylic acids is 2. The summed E-state index contributed by atoms with van der Waals surface area (Å²) in [6.07, 6.45) is 0.0757. The van der Waals surface area contributed by atoms with Crippen molar-refractivity contribution in [3.05, 3.63) is 28.2 Å². The first kappa shape index (κ1) is 13.1. The number of halogens is 1. The van der Waals surface area contributed by atoms with E-state index < -0.39 is 11.6 Å². The maximum absolute atomic E-state index is 12.2. The molecule has 0 fully saturated rings. The van der Waals surface area contributed by atoms with Crippen LogP contribution in [0.4, 0.5) is 5.69 Å².